The standard InChI is InChI=1S/C15H22N2O2S/c1-11(12-5-7-13(18-2)8-6-12)17-15(20)16-10-14-4-3-9-19-14/h5-8,11,14H,3-4,9-10H2,1-2H3,(H2,16,17,20)/t11-,14+/m0/s1. The van der Waals surface area contributed by atoms with Gasteiger partial charge in [0, 0.05) is 13.2 Å². The summed E-state index contributed by atoms with van der Waals surface area (Å²) in [6, 6.07) is 8.15. The summed E-state index contributed by atoms with van der Waals surface area (Å²) in [7, 11) is 1.67. The van der Waals surface area contributed by atoms with E-state index in [1.165, 1.54) is 5.56 Å². The minimum atomic E-state index is 0.158. The molecule has 0 spiro atoms. The molecule has 4 nitrogen and oxygen atoms in total. The lowest BCUT2D eigenvalue weighted by Gasteiger charge is -2.19. The van der Waals surface area contributed by atoms with E-state index in [9.17, 15) is 0 Å². The highest BCUT2D eigenvalue weighted by molar-refractivity contribution is 7.80. The lowest BCUT2D eigenvalue weighted by atomic mass is 10.1. The van der Waals surface area contributed by atoms with Crippen LogP contribution in [0.15, 0.2) is 24.3 Å². The Kier molecular flexibility index (Phi) is 5.61. The van der Waals surface area contributed by atoms with Crippen LogP contribution in [0.4, 0.5) is 0 Å². The topological polar surface area (TPSA) is 42.5 Å². The summed E-state index contributed by atoms with van der Waals surface area (Å²) in [5.41, 5.74) is 1.17. The molecular formula is C15H22N2O2S. The second kappa shape index (κ2) is 7.45. The summed E-state index contributed by atoms with van der Waals surface area (Å²) in [6.07, 6.45) is 2.56. The monoisotopic (exact) mass is 294 g/mol. The van der Waals surface area contributed by atoms with Crippen LogP contribution in [0.1, 0.15) is 31.4 Å². The van der Waals surface area contributed by atoms with Gasteiger partial charge in [0.15, 0.2) is 5.11 Å². The van der Waals surface area contributed by atoms with Crippen LogP contribution in [0.3, 0.4) is 0 Å². The molecule has 0 bridgehead atoms. The summed E-state index contributed by atoms with van der Waals surface area (Å²) in [6.45, 7) is 3.73. The molecule has 5 heteroatoms. The Balaban J connectivity index is 1.77. The maximum Gasteiger partial charge on any atom is 0.166 e. The molecule has 0 aromatic heterocycles. The average Bonchev–Trinajstić information content (AvgIpc) is 2.98. The molecule has 0 aliphatic carbocycles. The zero-order chi connectivity index (χ0) is 14.4. The smallest absolute Gasteiger partial charge is 0.166 e. The van der Waals surface area contributed by atoms with Gasteiger partial charge in [-0.25, -0.2) is 0 Å². The normalized spacial score (nSPS) is 19.4. The van der Waals surface area contributed by atoms with Crippen LogP contribution < -0.4 is 15.4 Å². The third kappa shape index (κ3) is 4.35. The van der Waals surface area contributed by atoms with Crippen molar-refractivity contribution in [2.75, 3.05) is 20.3 Å². The molecule has 0 saturated carbocycles. The maximum absolute atomic E-state index is 5.55. The van der Waals surface area contributed by atoms with Crippen molar-refractivity contribution in [2.24, 2.45) is 0 Å². The minimum absolute atomic E-state index is 0.158. The molecule has 1 saturated heterocycles. The Labute approximate surface area is 125 Å². The predicted octanol–water partition coefficient (Wildman–Crippen LogP) is 2.40. The van der Waals surface area contributed by atoms with Crippen molar-refractivity contribution < 1.29 is 9.47 Å². The van der Waals surface area contributed by atoms with Gasteiger partial charge in [0.1, 0.15) is 5.75 Å². The molecule has 1 aliphatic rings. The Morgan fingerprint density at radius 3 is 2.80 bits per heavy atom. The minimum Gasteiger partial charge on any atom is -0.497 e. The molecule has 20 heavy (non-hydrogen) atoms. The Morgan fingerprint density at radius 2 is 2.20 bits per heavy atom. The van der Waals surface area contributed by atoms with Crippen LogP contribution in [0.5, 0.6) is 5.75 Å². The van der Waals surface area contributed by atoms with Crippen LogP contribution >= 0.6 is 12.2 Å². The summed E-state index contributed by atoms with van der Waals surface area (Å²) < 4.78 is 10.7. The SMILES string of the molecule is COc1ccc([C@H](C)NC(=S)NC[C@H]2CCCO2)cc1. The van der Waals surface area contributed by atoms with Gasteiger partial charge >= 0.3 is 0 Å². The van der Waals surface area contributed by atoms with Crippen molar-refractivity contribution in [2.45, 2.75) is 31.9 Å². The van der Waals surface area contributed by atoms with E-state index in [2.05, 4.69) is 17.6 Å². The maximum atomic E-state index is 5.55. The van der Waals surface area contributed by atoms with Crippen LogP contribution in [-0.2, 0) is 4.74 Å². The number of benzene rings is 1. The zero-order valence-corrected chi connectivity index (χ0v) is 12.8. The first-order valence-corrected chi connectivity index (χ1v) is 7.40. The van der Waals surface area contributed by atoms with Gasteiger partial charge in [0.2, 0.25) is 0 Å². The third-order valence-electron chi connectivity index (χ3n) is 3.48. The van der Waals surface area contributed by atoms with Gasteiger partial charge in [-0.1, -0.05) is 12.1 Å². The second-order valence-electron chi connectivity index (χ2n) is 4.98. The van der Waals surface area contributed by atoms with E-state index < -0.39 is 0 Å². The first-order chi connectivity index (χ1) is 9.69. The summed E-state index contributed by atoms with van der Waals surface area (Å²) in [4.78, 5) is 0. The van der Waals surface area contributed by atoms with E-state index in [1.807, 2.05) is 24.3 Å². The van der Waals surface area contributed by atoms with Crippen molar-refractivity contribution in [3.8, 4) is 5.75 Å². The Morgan fingerprint density at radius 1 is 1.45 bits per heavy atom. The molecule has 1 aliphatic heterocycles. The molecule has 0 amide bonds. The van der Waals surface area contributed by atoms with E-state index >= 15 is 0 Å². The van der Waals surface area contributed by atoms with E-state index in [0.29, 0.717) is 11.2 Å². The highest BCUT2D eigenvalue weighted by Crippen LogP contribution is 2.17. The van der Waals surface area contributed by atoms with Crippen molar-refractivity contribution in [1.82, 2.24) is 10.6 Å². The molecule has 2 N–H and O–H groups in total. The molecule has 1 aromatic rings. The van der Waals surface area contributed by atoms with Gasteiger partial charge in [-0.3, -0.25) is 0 Å². The van der Waals surface area contributed by atoms with E-state index in [1.54, 1.807) is 7.11 Å². The van der Waals surface area contributed by atoms with Crippen LogP contribution in [0, 0.1) is 0 Å². The van der Waals surface area contributed by atoms with E-state index in [4.69, 9.17) is 21.7 Å². The highest BCUT2D eigenvalue weighted by atomic mass is 32.1. The number of nitrogens with one attached hydrogen (secondary N) is 2. The molecule has 2 rings (SSSR count). The van der Waals surface area contributed by atoms with E-state index in [-0.39, 0.29) is 6.04 Å². The molecule has 2 atom stereocenters. The first-order valence-electron chi connectivity index (χ1n) is 6.99. The molecule has 0 unspecified atom stereocenters. The summed E-state index contributed by atoms with van der Waals surface area (Å²) in [5, 5.41) is 7.17. The number of hydrogen-bond acceptors (Lipinski definition) is 3. The van der Waals surface area contributed by atoms with Gasteiger partial charge in [0.25, 0.3) is 0 Å². The Bertz CT molecular complexity index is 430. The predicted molar refractivity (Wildman–Crippen MR) is 84.1 cm³/mol. The van der Waals surface area contributed by atoms with Crippen molar-refractivity contribution in [3.05, 3.63) is 29.8 Å². The zero-order valence-electron chi connectivity index (χ0n) is 12.0. The lowest BCUT2D eigenvalue weighted by molar-refractivity contribution is 0.114. The van der Waals surface area contributed by atoms with Crippen molar-refractivity contribution in [3.63, 3.8) is 0 Å². The second-order valence-corrected chi connectivity index (χ2v) is 5.39. The van der Waals surface area contributed by atoms with Crippen molar-refractivity contribution >= 4 is 17.3 Å². The summed E-state index contributed by atoms with van der Waals surface area (Å²) in [5.74, 6) is 0.861. The van der Waals surface area contributed by atoms with Crippen molar-refractivity contribution in [1.29, 1.82) is 0 Å². The fourth-order valence-corrected chi connectivity index (χ4v) is 2.50. The number of thiocarbonyl (C=S) groups is 1. The van der Waals surface area contributed by atoms with Gasteiger partial charge in [-0.2, -0.15) is 0 Å². The van der Waals surface area contributed by atoms with Crippen LogP contribution in [-0.4, -0.2) is 31.5 Å². The van der Waals surface area contributed by atoms with Gasteiger partial charge in [-0.05, 0) is 49.7 Å². The Hall–Kier alpha value is -1.33. The fraction of sp³-hybridized carbons (Fsp3) is 0.533. The quantitative estimate of drug-likeness (QED) is 0.816. The summed E-state index contributed by atoms with van der Waals surface area (Å²) >= 11 is 5.31. The molecule has 1 fully saturated rings. The molecular weight excluding hydrogens is 272 g/mol. The average molecular weight is 294 g/mol. The first kappa shape index (κ1) is 15.1. The number of rotatable bonds is 5. The molecule has 0 radical (unpaired) electrons. The fourth-order valence-electron chi connectivity index (χ4n) is 2.24. The molecule has 1 heterocycles. The van der Waals surface area contributed by atoms with Gasteiger partial charge in [-0.15, -0.1) is 0 Å². The highest BCUT2D eigenvalue weighted by Gasteiger charge is 2.15. The number of ether oxygens (including phenoxy) is 2. The molecule has 110 valence electrons. The van der Waals surface area contributed by atoms with Gasteiger partial charge < -0.3 is 20.1 Å². The number of hydrogen-bond donors (Lipinski definition) is 2. The van der Waals surface area contributed by atoms with Crippen LogP contribution in [0.2, 0.25) is 0 Å². The number of methoxy groups -OCH3 is 1. The molecule has 1 aromatic carbocycles. The third-order valence-corrected chi connectivity index (χ3v) is 3.74. The van der Waals surface area contributed by atoms with E-state index in [0.717, 1.165) is 31.7 Å². The van der Waals surface area contributed by atoms with Crippen LogP contribution in [0.25, 0.3) is 0 Å². The van der Waals surface area contributed by atoms with Gasteiger partial charge in [0.05, 0.1) is 19.3 Å². The lowest BCUT2D eigenvalue weighted by Crippen LogP contribution is -2.40. The largest absolute Gasteiger partial charge is 0.497 e.